The van der Waals surface area contributed by atoms with Gasteiger partial charge in [-0.3, -0.25) is 14.5 Å². The van der Waals surface area contributed by atoms with Gasteiger partial charge in [-0.15, -0.1) is 6.58 Å². The average Bonchev–Trinajstić information content (AvgIpc) is 2.51. The van der Waals surface area contributed by atoms with E-state index in [0.717, 1.165) is 6.42 Å². The maximum atomic E-state index is 12.3. The summed E-state index contributed by atoms with van der Waals surface area (Å²) in [4.78, 5) is 27.7. The molecule has 1 saturated heterocycles. The molecule has 0 aromatic heterocycles. The number of hydrogen-bond donors (Lipinski definition) is 2. The lowest BCUT2D eigenvalue weighted by molar-refractivity contribution is -0.135. The number of nitrogens with two attached hydrogens (primary N) is 1. The predicted molar refractivity (Wildman–Crippen MR) is 83.7 cm³/mol. The first-order chi connectivity index (χ1) is 9.99. The number of hydrogen-bond acceptors (Lipinski definition) is 4. The lowest BCUT2D eigenvalue weighted by atomic mass is 9.98. The number of carbonyl (C=O) groups is 2. The van der Waals surface area contributed by atoms with Crippen LogP contribution in [0.5, 0.6) is 0 Å². The number of nitrogens with zero attached hydrogens (tertiary/aromatic N) is 2. The van der Waals surface area contributed by atoms with Gasteiger partial charge >= 0.3 is 0 Å². The number of piperazine rings is 1. The van der Waals surface area contributed by atoms with E-state index in [1.54, 1.807) is 6.08 Å². The second-order valence-electron chi connectivity index (χ2n) is 5.61. The van der Waals surface area contributed by atoms with Gasteiger partial charge in [-0.25, -0.2) is 0 Å². The van der Waals surface area contributed by atoms with Crippen LogP contribution in [0.25, 0.3) is 0 Å². The lowest BCUT2D eigenvalue weighted by Crippen LogP contribution is -2.55. The standard InChI is InChI=1S/C15H28N4O2/c1-4-6-17-13(20)11-18-7-9-19(10-8-18)15(21)14(16)12(3)5-2/h4,12,14H,1,5-11,16H2,2-3H3,(H,17,20)/t12?,14-/m0/s1. The van der Waals surface area contributed by atoms with Crippen LogP contribution in [0.4, 0.5) is 0 Å². The van der Waals surface area contributed by atoms with Crippen LogP contribution in [0.2, 0.25) is 0 Å². The second-order valence-corrected chi connectivity index (χ2v) is 5.61. The monoisotopic (exact) mass is 296 g/mol. The molecule has 3 N–H and O–H groups in total. The summed E-state index contributed by atoms with van der Waals surface area (Å²) < 4.78 is 0. The average molecular weight is 296 g/mol. The van der Waals surface area contributed by atoms with Crippen molar-refractivity contribution in [3.63, 3.8) is 0 Å². The van der Waals surface area contributed by atoms with E-state index >= 15 is 0 Å². The Labute approximate surface area is 127 Å². The van der Waals surface area contributed by atoms with Crippen molar-refractivity contribution < 1.29 is 9.59 Å². The molecular weight excluding hydrogens is 268 g/mol. The van der Waals surface area contributed by atoms with E-state index in [4.69, 9.17) is 5.73 Å². The number of rotatable bonds is 7. The number of amides is 2. The molecule has 0 bridgehead atoms. The van der Waals surface area contributed by atoms with Gasteiger partial charge in [-0.2, -0.15) is 0 Å². The number of carbonyl (C=O) groups excluding carboxylic acids is 2. The molecule has 6 heteroatoms. The van der Waals surface area contributed by atoms with Crippen LogP contribution in [0.3, 0.4) is 0 Å². The molecule has 0 radical (unpaired) electrons. The first-order valence-electron chi connectivity index (χ1n) is 7.63. The van der Waals surface area contributed by atoms with Gasteiger partial charge in [0, 0.05) is 32.7 Å². The molecule has 0 aromatic carbocycles. The summed E-state index contributed by atoms with van der Waals surface area (Å²) in [6.45, 7) is 11.2. The third-order valence-corrected chi connectivity index (χ3v) is 4.04. The molecular formula is C15H28N4O2. The van der Waals surface area contributed by atoms with Crippen molar-refractivity contribution in [1.29, 1.82) is 0 Å². The van der Waals surface area contributed by atoms with Gasteiger partial charge in [0.15, 0.2) is 0 Å². The Morgan fingerprint density at radius 1 is 1.33 bits per heavy atom. The molecule has 2 atom stereocenters. The van der Waals surface area contributed by atoms with Crippen LogP contribution in [0.15, 0.2) is 12.7 Å². The molecule has 120 valence electrons. The normalized spacial score (nSPS) is 18.9. The highest BCUT2D eigenvalue weighted by atomic mass is 16.2. The predicted octanol–water partition coefficient (Wildman–Crippen LogP) is -0.194. The Morgan fingerprint density at radius 3 is 2.48 bits per heavy atom. The smallest absolute Gasteiger partial charge is 0.239 e. The summed E-state index contributed by atoms with van der Waals surface area (Å²) in [6.07, 6.45) is 2.56. The zero-order valence-corrected chi connectivity index (χ0v) is 13.2. The van der Waals surface area contributed by atoms with Crippen LogP contribution in [-0.2, 0) is 9.59 Å². The van der Waals surface area contributed by atoms with Gasteiger partial charge in [0.1, 0.15) is 0 Å². The molecule has 1 fully saturated rings. The van der Waals surface area contributed by atoms with Gasteiger partial charge in [0.2, 0.25) is 11.8 Å². The van der Waals surface area contributed by atoms with E-state index in [9.17, 15) is 9.59 Å². The minimum Gasteiger partial charge on any atom is -0.352 e. The highest BCUT2D eigenvalue weighted by Gasteiger charge is 2.28. The summed E-state index contributed by atoms with van der Waals surface area (Å²) in [5.74, 6) is 0.214. The van der Waals surface area contributed by atoms with Gasteiger partial charge < -0.3 is 16.0 Å². The highest BCUT2D eigenvalue weighted by Crippen LogP contribution is 2.10. The van der Waals surface area contributed by atoms with Crippen molar-refractivity contribution >= 4 is 11.8 Å². The molecule has 1 aliphatic heterocycles. The Bertz CT molecular complexity index is 365. The molecule has 0 aromatic rings. The minimum absolute atomic E-state index is 0.00835. The first-order valence-corrected chi connectivity index (χ1v) is 7.63. The SMILES string of the molecule is C=CCNC(=O)CN1CCN(C(=O)[C@@H](N)C(C)CC)CC1. The Morgan fingerprint density at radius 2 is 1.95 bits per heavy atom. The van der Waals surface area contributed by atoms with Crippen LogP contribution in [-0.4, -0.2) is 66.9 Å². The van der Waals surface area contributed by atoms with Crippen molar-refractivity contribution in [1.82, 2.24) is 15.1 Å². The largest absolute Gasteiger partial charge is 0.352 e. The number of nitrogens with one attached hydrogen (secondary N) is 1. The Kier molecular flexibility index (Phi) is 7.39. The molecule has 0 aliphatic carbocycles. The summed E-state index contributed by atoms with van der Waals surface area (Å²) >= 11 is 0. The fourth-order valence-electron chi connectivity index (χ4n) is 2.28. The van der Waals surface area contributed by atoms with E-state index in [1.807, 2.05) is 18.7 Å². The quantitative estimate of drug-likeness (QED) is 0.638. The van der Waals surface area contributed by atoms with Crippen LogP contribution in [0.1, 0.15) is 20.3 Å². The van der Waals surface area contributed by atoms with E-state index in [-0.39, 0.29) is 17.7 Å². The van der Waals surface area contributed by atoms with Gasteiger partial charge in [-0.05, 0) is 5.92 Å². The third-order valence-electron chi connectivity index (χ3n) is 4.04. The zero-order valence-electron chi connectivity index (χ0n) is 13.2. The van der Waals surface area contributed by atoms with Gasteiger partial charge in [0.05, 0.1) is 12.6 Å². The van der Waals surface area contributed by atoms with Crippen molar-refractivity contribution in [2.45, 2.75) is 26.3 Å². The summed E-state index contributed by atoms with van der Waals surface area (Å²) in [5, 5.41) is 2.76. The molecule has 1 unspecified atom stereocenters. The molecule has 0 saturated carbocycles. The zero-order chi connectivity index (χ0) is 15.8. The Balaban J connectivity index is 2.36. The lowest BCUT2D eigenvalue weighted by Gasteiger charge is -2.36. The van der Waals surface area contributed by atoms with Crippen molar-refractivity contribution in [2.75, 3.05) is 39.3 Å². The van der Waals surface area contributed by atoms with Crippen molar-refractivity contribution in [2.24, 2.45) is 11.7 Å². The van der Waals surface area contributed by atoms with Gasteiger partial charge in [-0.1, -0.05) is 26.3 Å². The summed E-state index contributed by atoms with van der Waals surface area (Å²) in [5.41, 5.74) is 5.99. The summed E-state index contributed by atoms with van der Waals surface area (Å²) in [6, 6.07) is -0.419. The molecule has 21 heavy (non-hydrogen) atoms. The summed E-state index contributed by atoms with van der Waals surface area (Å²) in [7, 11) is 0. The third kappa shape index (κ3) is 5.47. The molecule has 1 heterocycles. The Hall–Kier alpha value is -1.40. The fraction of sp³-hybridized carbons (Fsp3) is 0.733. The van der Waals surface area contributed by atoms with Crippen molar-refractivity contribution in [3.05, 3.63) is 12.7 Å². The van der Waals surface area contributed by atoms with Crippen LogP contribution < -0.4 is 11.1 Å². The maximum absolute atomic E-state index is 12.3. The van der Waals surface area contributed by atoms with E-state index in [0.29, 0.717) is 39.3 Å². The second kappa shape index (κ2) is 8.79. The topological polar surface area (TPSA) is 78.7 Å². The van der Waals surface area contributed by atoms with Crippen LogP contribution >= 0.6 is 0 Å². The highest BCUT2D eigenvalue weighted by molar-refractivity contribution is 5.82. The molecule has 1 rings (SSSR count). The molecule has 1 aliphatic rings. The van der Waals surface area contributed by atoms with E-state index < -0.39 is 6.04 Å². The van der Waals surface area contributed by atoms with Gasteiger partial charge in [0.25, 0.3) is 0 Å². The maximum Gasteiger partial charge on any atom is 0.239 e. The van der Waals surface area contributed by atoms with Crippen molar-refractivity contribution in [3.8, 4) is 0 Å². The molecule has 0 spiro atoms. The van der Waals surface area contributed by atoms with E-state index in [2.05, 4.69) is 16.8 Å². The molecule has 2 amide bonds. The molecule has 6 nitrogen and oxygen atoms in total. The fourth-order valence-corrected chi connectivity index (χ4v) is 2.28. The van der Waals surface area contributed by atoms with E-state index in [1.165, 1.54) is 0 Å². The first kappa shape index (κ1) is 17.7. The minimum atomic E-state index is -0.419. The van der Waals surface area contributed by atoms with Crippen LogP contribution in [0, 0.1) is 5.92 Å².